The maximum Gasteiger partial charge on any atom is 0.335 e. The van der Waals surface area contributed by atoms with Crippen LogP contribution >= 0.6 is 12.8 Å². The number of thiol groups is 1. The lowest BCUT2D eigenvalue weighted by atomic mass is 10.1. The first-order chi connectivity index (χ1) is 15.3. The molecular formula is C23H20N2O5S2. The van der Waals surface area contributed by atoms with E-state index in [0.717, 1.165) is 15.1 Å². The monoisotopic (exact) mass is 468 g/mol. The van der Waals surface area contributed by atoms with Crippen LogP contribution in [0, 0.1) is 0 Å². The van der Waals surface area contributed by atoms with Crippen LogP contribution in [0.2, 0.25) is 0 Å². The highest BCUT2D eigenvalue weighted by Crippen LogP contribution is 2.33. The summed E-state index contributed by atoms with van der Waals surface area (Å²) >= 11 is 4.19. The van der Waals surface area contributed by atoms with Crippen LogP contribution in [0.4, 0.5) is 5.69 Å². The Morgan fingerprint density at radius 1 is 1.03 bits per heavy atom. The minimum absolute atomic E-state index is 0.164. The number of aromatic carboxylic acids is 1. The van der Waals surface area contributed by atoms with E-state index in [2.05, 4.69) is 12.8 Å². The van der Waals surface area contributed by atoms with Crippen molar-refractivity contribution >= 4 is 40.6 Å². The van der Waals surface area contributed by atoms with Crippen LogP contribution in [-0.2, 0) is 16.6 Å². The van der Waals surface area contributed by atoms with Crippen molar-refractivity contribution < 1.29 is 23.1 Å². The molecule has 0 saturated carbocycles. The number of carbonyl (C=O) groups is 1. The molecule has 32 heavy (non-hydrogen) atoms. The lowest BCUT2D eigenvalue weighted by Gasteiger charge is -2.21. The van der Waals surface area contributed by atoms with Gasteiger partial charge in [0.15, 0.2) is 0 Å². The first-order valence-electron chi connectivity index (χ1n) is 9.67. The normalized spacial score (nSPS) is 16.9. The number of nitrogens with zero attached hydrogens (tertiary/aromatic N) is 2. The molecule has 0 atom stereocenters. The molecule has 1 aliphatic rings. The average Bonchev–Trinajstić information content (AvgIpc) is 3.02. The number of hydrogen-bond acceptors (Lipinski definition) is 6. The first kappa shape index (κ1) is 21.9. The molecule has 4 rings (SSSR count). The molecule has 1 fully saturated rings. The van der Waals surface area contributed by atoms with Gasteiger partial charge in [-0.3, -0.25) is 5.01 Å². The third kappa shape index (κ3) is 4.64. The second-order valence-electron chi connectivity index (χ2n) is 7.09. The zero-order chi connectivity index (χ0) is 22.7. The number of carboxylic acids is 1. The van der Waals surface area contributed by atoms with Gasteiger partial charge in [-0.25, -0.2) is 13.2 Å². The summed E-state index contributed by atoms with van der Waals surface area (Å²) in [6.45, 7) is 0.418. The molecule has 1 N–H and O–H groups in total. The summed E-state index contributed by atoms with van der Waals surface area (Å²) in [6, 6.07) is 22.7. The van der Waals surface area contributed by atoms with Gasteiger partial charge in [0.2, 0.25) is 0 Å². The minimum atomic E-state index is -3.74. The molecule has 164 valence electrons. The summed E-state index contributed by atoms with van der Waals surface area (Å²) in [5.74, 6) is -0.412. The van der Waals surface area contributed by atoms with Gasteiger partial charge in [0, 0.05) is 0 Å². The molecule has 0 bridgehead atoms. The van der Waals surface area contributed by atoms with Gasteiger partial charge in [-0.05, 0) is 53.6 Å². The van der Waals surface area contributed by atoms with Crippen LogP contribution in [0.5, 0.6) is 5.75 Å². The van der Waals surface area contributed by atoms with Crippen molar-refractivity contribution in [3.63, 3.8) is 0 Å². The summed E-state index contributed by atoms with van der Waals surface area (Å²) in [4.78, 5) is 11.2. The van der Waals surface area contributed by atoms with Crippen LogP contribution in [0.1, 0.15) is 21.5 Å². The number of sulfonamides is 1. The van der Waals surface area contributed by atoms with Gasteiger partial charge >= 0.3 is 5.97 Å². The van der Waals surface area contributed by atoms with Crippen LogP contribution in [-0.4, -0.2) is 29.9 Å². The second kappa shape index (κ2) is 9.07. The van der Waals surface area contributed by atoms with Gasteiger partial charge in [0.25, 0.3) is 10.0 Å². The molecule has 1 saturated heterocycles. The Balaban J connectivity index is 1.51. The fourth-order valence-corrected chi connectivity index (χ4v) is 4.90. The van der Waals surface area contributed by atoms with E-state index in [1.165, 1.54) is 12.1 Å². The van der Waals surface area contributed by atoms with E-state index >= 15 is 0 Å². The van der Waals surface area contributed by atoms with E-state index in [9.17, 15) is 13.2 Å². The van der Waals surface area contributed by atoms with Crippen molar-refractivity contribution in [2.45, 2.75) is 6.61 Å². The average molecular weight is 469 g/mol. The van der Waals surface area contributed by atoms with Crippen molar-refractivity contribution in [2.24, 2.45) is 0 Å². The van der Waals surface area contributed by atoms with E-state index in [4.69, 9.17) is 9.84 Å². The molecule has 3 aromatic carbocycles. The van der Waals surface area contributed by atoms with Gasteiger partial charge in [-0.1, -0.05) is 59.1 Å². The van der Waals surface area contributed by atoms with Crippen molar-refractivity contribution in [1.82, 2.24) is 3.82 Å². The molecule has 0 unspecified atom stereocenters. The Morgan fingerprint density at radius 3 is 2.44 bits per heavy atom. The summed E-state index contributed by atoms with van der Waals surface area (Å²) in [6.07, 6.45) is 1.61. The molecule has 0 spiro atoms. The van der Waals surface area contributed by atoms with Crippen molar-refractivity contribution in [1.29, 1.82) is 0 Å². The standard InChI is InChI=1S/C23H20N2O5S2/c26-23(27)19-11-9-17(10-12-19)16-30-21-8-4-5-18(13-21)14-22-15-24(25(31)32(22,28)29)20-6-2-1-3-7-20/h1-14,31H,15-16H2,(H,26,27)/b22-14-. The summed E-state index contributed by atoms with van der Waals surface area (Å²) < 4.78 is 32.4. The van der Waals surface area contributed by atoms with Gasteiger partial charge in [-0.15, -0.1) is 0 Å². The highest BCUT2D eigenvalue weighted by Gasteiger charge is 2.38. The second-order valence-corrected chi connectivity index (χ2v) is 9.56. The zero-order valence-electron chi connectivity index (χ0n) is 16.8. The highest BCUT2D eigenvalue weighted by atomic mass is 32.3. The Bertz CT molecular complexity index is 1260. The number of hydrazine groups is 1. The maximum atomic E-state index is 12.8. The number of rotatable bonds is 6. The quantitative estimate of drug-likeness (QED) is 0.527. The Hall–Kier alpha value is -3.27. The van der Waals surface area contributed by atoms with E-state index < -0.39 is 16.0 Å². The van der Waals surface area contributed by atoms with E-state index in [0.29, 0.717) is 11.3 Å². The third-order valence-electron chi connectivity index (χ3n) is 4.90. The van der Waals surface area contributed by atoms with Gasteiger partial charge in [-0.2, -0.15) is 0 Å². The molecule has 3 aromatic rings. The van der Waals surface area contributed by atoms with E-state index in [1.54, 1.807) is 47.5 Å². The summed E-state index contributed by atoms with van der Waals surface area (Å²) in [5.41, 5.74) is 2.43. The Kier molecular flexibility index (Phi) is 6.22. The lowest BCUT2D eigenvalue weighted by Crippen LogP contribution is -2.30. The van der Waals surface area contributed by atoms with Gasteiger partial charge < -0.3 is 9.84 Å². The number of para-hydroxylation sites is 1. The third-order valence-corrected chi connectivity index (χ3v) is 7.30. The molecule has 1 heterocycles. The smallest absolute Gasteiger partial charge is 0.335 e. The topological polar surface area (TPSA) is 87.2 Å². The largest absolute Gasteiger partial charge is 0.489 e. The predicted octanol–water partition coefficient (Wildman–Crippen LogP) is 4.22. The highest BCUT2D eigenvalue weighted by molar-refractivity contribution is 8.02. The number of anilines is 1. The first-order valence-corrected chi connectivity index (χ1v) is 11.5. The molecule has 7 nitrogen and oxygen atoms in total. The molecular weight excluding hydrogens is 448 g/mol. The molecule has 0 amide bonds. The Labute approximate surface area is 191 Å². The van der Waals surface area contributed by atoms with Gasteiger partial charge in [0.1, 0.15) is 12.4 Å². The number of carboxylic acid groups (broad SMARTS) is 1. The zero-order valence-corrected chi connectivity index (χ0v) is 18.5. The number of benzene rings is 3. The maximum absolute atomic E-state index is 12.8. The fraction of sp³-hybridized carbons (Fsp3) is 0.0870. The molecule has 0 radical (unpaired) electrons. The minimum Gasteiger partial charge on any atom is -0.489 e. The molecule has 9 heteroatoms. The van der Waals surface area contributed by atoms with Gasteiger partial charge in [0.05, 0.1) is 22.7 Å². The van der Waals surface area contributed by atoms with Crippen LogP contribution in [0.25, 0.3) is 6.08 Å². The fourth-order valence-electron chi connectivity index (χ4n) is 3.22. The summed E-state index contributed by atoms with van der Waals surface area (Å²) in [5, 5.41) is 10.6. The molecule has 0 aliphatic carbocycles. The van der Waals surface area contributed by atoms with Crippen molar-refractivity contribution in [3.05, 3.63) is 100 Å². The van der Waals surface area contributed by atoms with E-state index in [-0.39, 0.29) is 23.6 Å². The van der Waals surface area contributed by atoms with Crippen molar-refractivity contribution in [3.8, 4) is 5.75 Å². The Morgan fingerprint density at radius 2 is 1.75 bits per heavy atom. The lowest BCUT2D eigenvalue weighted by molar-refractivity contribution is 0.0697. The van der Waals surface area contributed by atoms with Crippen LogP contribution in [0.15, 0.2) is 83.8 Å². The SMILES string of the molecule is O=C(O)c1ccc(COc2cccc(/C=C3/CN(c4ccccc4)N(S)S3(=O)=O)c2)cc1. The summed E-state index contributed by atoms with van der Waals surface area (Å²) in [7, 11) is -3.74. The van der Waals surface area contributed by atoms with Crippen molar-refractivity contribution in [2.75, 3.05) is 11.6 Å². The molecule has 1 aliphatic heterocycles. The molecule has 0 aromatic heterocycles. The van der Waals surface area contributed by atoms with E-state index in [1.807, 2.05) is 30.3 Å². The van der Waals surface area contributed by atoms with Crippen LogP contribution < -0.4 is 9.75 Å². The predicted molar refractivity (Wildman–Crippen MR) is 126 cm³/mol. The number of hydrogen-bond donors (Lipinski definition) is 2. The number of ether oxygens (including phenoxy) is 1. The van der Waals surface area contributed by atoms with Crippen LogP contribution in [0.3, 0.4) is 0 Å².